The lowest BCUT2D eigenvalue weighted by Gasteiger charge is -2.27. The summed E-state index contributed by atoms with van der Waals surface area (Å²) >= 11 is 0. The predicted octanol–water partition coefficient (Wildman–Crippen LogP) is 4.25. The smallest absolute Gasteiger partial charge is 0.378 e. The molecular weight excluding hydrogens is 409 g/mol. The Labute approximate surface area is 176 Å². The van der Waals surface area contributed by atoms with Crippen molar-refractivity contribution in [2.75, 3.05) is 36.5 Å². The first-order chi connectivity index (χ1) is 14.9. The van der Waals surface area contributed by atoms with Crippen LogP contribution < -0.4 is 10.2 Å². The second kappa shape index (κ2) is 8.73. The zero-order chi connectivity index (χ0) is 21.8. The van der Waals surface area contributed by atoms with Crippen molar-refractivity contribution in [2.45, 2.75) is 6.18 Å². The van der Waals surface area contributed by atoms with Crippen LogP contribution in [0, 0.1) is 0 Å². The summed E-state index contributed by atoms with van der Waals surface area (Å²) < 4.78 is 44.7. The molecule has 160 valence electrons. The van der Waals surface area contributed by atoms with E-state index in [4.69, 9.17) is 4.74 Å². The van der Waals surface area contributed by atoms with Crippen LogP contribution in [-0.4, -0.2) is 42.4 Å². The minimum Gasteiger partial charge on any atom is -0.378 e. The fourth-order valence-corrected chi connectivity index (χ4v) is 3.29. The summed E-state index contributed by atoms with van der Waals surface area (Å²) in [5.74, 6) is -0.0467. The van der Waals surface area contributed by atoms with Crippen molar-refractivity contribution < 1.29 is 22.7 Å². The normalized spacial score (nSPS) is 14.4. The Kier molecular flexibility index (Phi) is 5.85. The number of anilines is 2. The molecule has 1 fully saturated rings. The largest absolute Gasteiger partial charge is 0.417 e. The highest BCUT2D eigenvalue weighted by Gasteiger charge is 2.34. The Morgan fingerprint density at radius 1 is 0.935 bits per heavy atom. The SMILES string of the molecule is O=C(Nc1ccc(-c2ccc(N3CCOCC3)nn2)cc1)c1ccccc1C(F)(F)F. The Morgan fingerprint density at radius 2 is 1.65 bits per heavy atom. The quantitative estimate of drug-likeness (QED) is 0.673. The van der Waals surface area contributed by atoms with E-state index in [0.29, 0.717) is 24.6 Å². The second-order valence-corrected chi connectivity index (χ2v) is 6.95. The van der Waals surface area contributed by atoms with Crippen molar-refractivity contribution in [3.63, 3.8) is 0 Å². The zero-order valence-corrected chi connectivity index (χ0v) is 16.4. The third-order valence-electron chi connectivity index (χ3n) is 4.90. The fourth-order valence-electron chi connectivity index (χ4n) is 3.29. The van der Waals surface area contributed by atoms with Gasteiger partial charge >= 0.3 is 6.18 Å². The van der Waals surface area contributed by atoms with Gasteiger partial charge in [-0.05, 0) is 36.4 Å². The van der Waals surface area contributed by atoms with Crippen LogP contribution in [0.25, 0.3) is 11.3 Å². The molecule has 0 aliphatic carbocycles. The number of rotatable bonds is 4. The van der Waals surface area contributed by atoms with Crippen molar-refractivity contribution in [1.29, 1.82) is 0 Å². The molecule has 1 aliphatic heterocycles. The molecule has 1 amide bonds. The van der Waals surface area contributed by atoms with Gasteiger partial charge in [0.15, 0.2) is 5.82 Å². The van der Waals surface area contributed by atoms with Crippen LogP contribution in [0.5, 0.6) is 0 Å². The molecule has 0 radical (unpaired) electrons. The lowest BCUT2D eigenvalue weighted by Crippen LogP contribution is -2.36. The van der Waals surface area contributed by atoms with Crippen molar-refractivity contribution in [2.24, 2.45) is 0 Å². The highest BCUT2D eigenvalue weighted by Crippen LogP contribution is 2.32. The molecule has 0 atom stereocenters. The van der Waals surface area contributed by atoms with E-state index in [0.717, 1.165) is 36.6 Å². The fraction of sp³-hybridized carbons (Fsp3) is 0.227. The van der Waals surface area contributed by atoms with Gasteiger partial charge in [0, 0.05) is 24.3 Å². The van der Waals surface area contributed by atoms with Gasteiger partial charge in [0.2, 0.25) is 0 Å². The number of halogens is 3. The Morgan fingerprint density at radius 3 is 2.29 bits per heavy atom. The van der Waals surface area contributed by atoms with E-state index in [1.54, 1.807) is 24.3 Å². The van der Waals surface area contributed by atoms with E-state index in [1.807, 2.05) is 12.1 Å². The van der Waals surface area contributed by atoms with Gasteiger partial charge in [-0.2, -0.15) is 13.2 Å². The molecule has 6 nitrogen and oxygen atoms in total. The summed E-state index contributed by atoms with van der Waals surface area (Å²) in [6.45, 7) is 2.84. The lowest BCUT2D eigenvalue weighted by atomic mass is 10.1. The Balaban J connectivity index is 1.46. The molecular formula is C22H19F3N4O2. The summed E-state index contributed by atoms with van der Waals surface area (Å²) in [6.07, 6.45) is -4.61. The number of alkyl halides is 3. The van der Waals surface area contributed by atoms with Crippen LogP contribution in [-0.2, 0) is 10.9 Å². The summed E-state index contributed by atoms with van der Waals surface area (Å²) in [4.78, 5) is 14.5. The number of nitrogens with zero attached hydrogens (tertiary/aromatic N) is 3. The van der Waals surface area contributed by atoms with E-state index in [-0.39, 0.29) is 0 Å². The molecule has 1 aromatic heterocycles. The zero-order valence-electron chi connectivity index (χ0n) is 16.4. The molecule has 9 heteroatoms. The number of hydrogen-bond donors (Lipinski definition) is 1. The number of benzene rings is 2. The van der Waals surface area contributed by atoms with Gasteiger partial charge in [-0.3, -0.25) is 4.79 Å². The number of morpholine rings is 1. The molecule has 31 heavy (non-hydrogen) atoms. The maximum Gasteiger partial charge on any atom is 0.417 e. The van der Waals surface area contributed by atoms with Gasteiger partial charge in [-0.25, -0.2) is 0 Å². The van der Waals surface area contributed by atoms with Gasteiger partial charge in [0.1, 0.15) is 0 Å². The van der Waals surface area contributed by atoms with Gasteiger partial charge in [-0.15, -0.1) is 10.2 Å². The van der Waals surface area contributed by atoms with Gasteiger partial charge < -0.3 is 15.0 Å². The van der Waals surface area contributed by atoms with E-state index < -0.39 is 23.2 Å². The van der Waals surface area contributed by atoms with Crippen molar-refractivity contribution in [1.82, 2.24) is 10.2 Å². The molecule has 3 aromatic rings. The summed E-state index contributed by atoms with van der Waals surface area (Å²) in [5.41, 5.74) is 0.402. The molecule has 2 heterocycles. The average molecular weight is 428 g/mol. The molecule has 4 rings (SSSR count). The standard InChI is InChI=1S/C22H19F3N4O2/c23-22(24,25)18-4-2-1-3-17(18)21(30)26-16-7-5-15(6-8-16)19-9-10-20(28-27-19)29-11-13-31-14-12-29/h1-10H,11-14H2,(H,26,30). The van der Waals surface area contributed by atoms with Gasteiger partial charge in [0.05, 0.1) is 30.0 Å². The summed E-state index contributed by atoms with van der Waals surface area (Å²) in [7, 11) is 0. The molecule has 1 saturated heterocycles. The molecule has 1 aliphatic rings. The summed E-state index contributed by atoms with van der Waals surface area (Å²) in [6, 6.07) is 15.1. The minimum atomic E-state index is -4.61. The van der Waals surface area contributed by atoms with Crippen LogP contribution in [0.15, 0.2) is 60.7 Å². The topological polar surface area (TPSA) is 67.4 Å². The van der Waals surface area contributed by atoms with Crippen LogP contribution in [0.2, 0.25) is 0 Å². The monoisotopic (exact) mass is 428 g/mol. The van der Waals surface area contributed by atoms with Crippen LogP contribution in [0.4, 0.5) is 24.7 Å². The summed E-state index contributed by atoms with van der Waals surface area (Å²) in [5, 5.41) is 11.0. The van der Waals surface area contributed by atoms with Gasteiger partial charge in [0.25, 0.3) is 5.91 Å². The molecule has 2 aromatic carbocycles. The Bertz CT molecular complexity index is 1050. The number of hydrogen-bond acceptors (Lipinski definition) is 5. The predicted molar refractivity (Wildman–Crippen MR) is 110 cm³/mol. The lowest BCUT2D eigenvalue weighted by molar-refractivity contribution is -0.137. The van der Waals surface area contributed by atoms with Crippen LogP contribution >= 0.6 is 0 Å². The van der Waals surface area contributed by atoms with Crippen LogP contribution in [0.3, 0.4) is 0 Å². The highest BCUT2D eigenvalue weighted by atomic mass is 19.4. The number of nitrogens with one attached hydrogen (secondary N) is 1. The minimum absolute atomic E-state index is 0.378. The first-order valence-electron chi connectivity index (χ1n) is 9.66. The Hall–Kier alpha value is -3.46. The second-order valence-electron chi connectivity index (χ2n) is 6.95. The van der Waals surface area contributed by atoms with E-state index in [9.17, 15) is 18.0 Å². The first-order valence-corrected chi connectivity index (χ1v) is 9.66. The van der Waals surface area contributed by atoms with Gasteiger partial charge in [-0.1, -0.05) is 24.3 Å². The number of carbonyl (C=O) groups excluding carboxylic acids is 1. The maximum absolute atomic E-state index is 13.1. The maximum atomic E-state index is 13.1. The van der Waals surface area contributed by atoms with Crippen molar-refractivity contribution in [3.8, 4) is 11.3 Å². The van der Waals surface area contributed by atoms with E-state index >= 15 is 0 Å². The number of aromatic nitrogens is 2. The van der Waals surface area contributed by atoms with Crippen molar-refractivity contribution >= 4 is 17.4 Å². The molecule has 0 bridgehead atoms. The van der Waals surface area contributed by atoms with E-state index in [2.05, 4.69) is 20.4 Å². The first kappa shape index (κ1) is 20.8. The highest BCUT2D eigenvalue weighted by molar-refractivity contribution is 6.05. The molecule has 0 saturated carbocycles. The molecule has 0 spiro atoms. The third-order valence-corrected chi connectivity index (χ3v) is 4.90. The number of carbonyl (C=O) groups is 1. The molecule has 0 unspecified atom stereocenters. The third kappa shape index (κ3) is 4.83. The van der Waals surface area contributed by atoms with E-state index in [1.165, 1.54) is 12.1 Å². The number of amides is 1. The van der Waals surface area contributed by atoms with Crippen LogP contribution in [0.1, 0.15) is 15.9 Å². The molecule has 1 N–H and O–H groups in total. The number of ether oxygens (including phenoxy) is 1. The van der Waals surface area contributed by atoms with Crippen molar-refractivity contribution in [3.05, 3.63) is 71.8 Å². The average Bonchev–Trinajstić information content (AvgIpc) is 2.80.